The van der Waals surface area contributed by atoms with Crippen molar-refractivity contribution in [3.8, 4) is 0 Å². The molecule has 0 aliphatic heterocycles. The van der Waals surface area contributed by atoms with Crippen LogP contribution < -0.4 is 0 Å². The van der Waals surface area contributed by atoms with Gasteiger partial charge in [-0.15, -0.1) is 0 Å². The molecule has 0 bridgehead atoms. The Balaban J connectivity index is 1.76. The van der Waals surface area contributed by atoms with Crippen molar-refractivity contribution in [1.82, 2.24) is 19.0 Å². The molecule has 0 saturated heterocycles. The van der Waals surface area contributed by atoms with Crippen molar-refractivity contribution in [3.63, 3.8) is 0 Å². The van der Waals surface area contributed by atoms with Gasteiger partial charge in [-0.05, 0) is 43.7 Å². The molecule has 0 spiro atoms. The highest BCUT2D eigenvalue weighted by Crippen LogP contribution is 2.20. The lowest BCUT2D eigenvalue weighted by Gasteiger charge is -2.14. The Hall–Kier alpha value is -2.59. The molecule has 2 aromatic carbocycles. The second-order valence-corrected chi connectivity index (χ2v) is 6.47. The number of hydrogen-bond acceptors (Lipinski definition) is 2. The van der Waals surface area contributed by atoms with E-state index in [9.17, 15) is 0 Å². The molecular formula is C20H22N4. The molecule has 0 atom stereocenters. The van der Waals surface area contributed by atoms with Gasteiger partial charge in [0.05, 0.1) is 17.6 Å². The zero-order valence-electron chi connectivity index (χ0n) is 14.2. The van der Waals surface area contributed by atoms with E-state index < -0.39 is 0 Å². The number of para-hydroxylation sites is 3. The number of benzene rings is 2. The molecule has 2 aromatic heterocycles. The maximum absolute atomic E-state index is 4.90. The number of aromatic nitrogens is 3. The van der Waals surface area contributed by atoms with Gasteiger partial charge in [0.25, 0.3) is 0 Å². The highest BCUT2D eigenvalue weighted by atomic mass is 15.2. The zero-order valence-corrected chi connectivity index (χ0v) is 14.2. The van der Waals surface area contributed by atoms with E-state index in [-0.39, 0.29) is 0 Å². The van der Waals surface area contributed by atoms with E-state index in [1.165, 1.54) is 16.4 Å². The fourth-order valence-electron chi connectivity index (χ4n) is 3.23. The summed E-state index contributed by atoms with van der Waals surface area (Å²) in [5.41, 5.74) is 3.54. The summed E-state index contributed by atoms with van der Waals surface area (Å²) >= 11 is 0. The van der Waals surface area contributed by atoms with Gasteiger partial charge >= 0.3 is 0 Å². The monoisotopic (exact) mass is 318 g/mol. The molecule has 0 aliphatic rings. The lowest BCUT2D eigenvalue weighted by atomic mass is 10.2. The largest absolute Gasteiger partial charge is 0.340 e. The van der Waals surface area contributed by atoms with Crippen LogP contribution in [0.1, 0.15) is 5.82 Å². The molecule has 0 unspecified atom stereocenters. The van der Waals surface area contributed by atoms with Crippen molar-refractivity contribution in [2.45, 2.75) is 13.1 Å². The van der Waals surface area contributed by atoms with E-state index in [0.29, 0.717) is 0 Å². The molecule has 0 N–H and O–H groups in total. The summed E-state index contributed by atoms with van der Waals surface area (Å²) in [5.74, 6) is 1.11. The van der Waals surface area contributed by atoms with Crippen LogP contribution in [-0.4, -0.2) is 39.7 Å². The summed E-state index contributed by atoms with van der Waals surface area (Å²) in [6, 6.07) is 19.1. The second kappa shape index (κ2) is 6.13. The van der Waals surface area contributed by atoms with Crippen molar-refractivity contribution in [2.24, 2.45) is 0 Å². The van der Waals surface area contributed by atoms with Crippen LogP contribution in [0.2, 0.25) is 0 Å². The van der Waals surface area contributed by atoms with Gasteiger partial charge in [-0.2, -0.15) is 0 Å². The van der Waals surface area contributed by atoms with Crippen LogP contribution in [0.5, 0.6) is 0 Å². The number of fused-ring (bicyclic) bond motifs is 2. The molecule has 4 nitrogen and oxygen atoms in total. The van der Waals surface area contributed by atoms with E-state index in [1.54, 1.807) is 0 Å². The van der Waals surface area contributed by atoms with Gasteiger partial charge < -0.3 is 14.0 Å². The highest BCUT2D eigenvalue weighted by Gasteiger charge is 2.12. The fraction of sp³-hybridized carbons (Fsp3) is 0.250. The summed E-state index contributed by atoms with van der Waals surface area (Å²) in [6.45, 7) is 2.73. The molecule has 0 amide bonds. The van der Waals surface area contributed by atoms with Crippen molar-refractivity contribution >= 4 is 21.9 Å². The standard InChI is InChI=1S/C20H22N4/c1-22(2)13-14-24-19-10-6-4-8-17(19)21-20(24)15-23-12-11-16-7-3-5-9-18(16)23/h3-12H,13-15H2,1-2H3. The first-order chi connectivity index (χ1) is 11.7. The van der Waals surface area contributed by atoms with Gasteiger partial charge in [-0.1, -0.05) is 30.3 Å². The lowest BCUT2D eigenvalue weighted by Crippen LogP contribution is -2.20. The average molecular weight is 318 g/mol. The normalized spacial score (nSPS) is 11.8. The summed E-state index contributed by atoms with van der Waals surface area (Å²) in [7, 11) is 4.22. The van der Waals surface area contributed by atoms with Crippen LogP contribution in [0.4, 0.5) is 0 Å². The van der Waals surface area contributed by atoms with E-state index in [0.717, 1.165) is 31.0 Å². The maximum atomic E-state index is 4.90. The fourth-order valence-corrected chi connectivity index (χ4v) is 3.23. The number of imidazole rings is 1. The van der Waals surface area contributed by atoms with Crippen molar-refractivity contribution < 1.29 is 0 Å². The van der Waals surface area contributed by atoms with Crippen molar-refractivity contribution in [1.29, 1.82) is 0 Å². The molecule has 0 fully saturated rings. The van der Waals surface area contributed by atoms with Gasteiger partial charge in [0, 0.05) is 24.8 Å². The minimum absolute atomic E-state index is 0.787. The summed E-state index contributed by atoms with van der Waals surface area (Å²) in [5, 5.41) is 1.27. The molecule has 122 valence electrons. The predicted molar refractivity (Wildman–Crippen MR) is 99.3 cm³/mol. The minimum atomic E-state index is 0.787. The molecule has 0 radical (unpaired) electrons. The molecule has 0 saturated carbocycles. The second-order valence-electron chi connectivity index (χ2n) is 6.47. The van der Waals surface area contributed by atoms with Crippen LogP contribution in [0.25, 0.3) is 21.9 Å². The van der Waals surface area contributed by atoms with E-state index in [4.69, 9.17) is 4.98 Å². The Labute approximate surface area is 141 Å². The van der Waals surface area contributed by atoms with Crippen molar-refractivity contribution in [2.75, 3.05) is 20.6 Å². The summed E-state index contributed by atoms with van der Waals surface area (Å²) in [6.07, 6.45) is 2.15. The van der Waals surface area contributed by atoms with Crippen LogP contribution in [0, 0.1) is 0 Å². The average Bonchev–Trinajstić information content (AvgIpc) is 3.15. The Kier molecular flexibility index (Phi) is 3.82. The first kappa shape index (κ1) is 15.0. The predicted octanol–water partition coefficient (Wildman–Crippen LogP) is 3.60. The molecule has 4 aromatic rings. The van der Waals surface area contributed by atoms with E-state index in [2.05, 4.69) is 88.9 Å². The number of likely N-dealkylation sites (N-methyl/N-ethyl adjacent to an activating group) is 1. The van der Waals surface area contributed by atoms with Crippen LogP contribution in [-0.2, 0) is 13.1 Å². The molecule has 4 heteroatoms. The lowest BCUT2D eigenvalue weighted by molar-refractivity contribution is 0.382. The molecule has 2 heterocycles. The van der Waals surface area contributed by atoms with Gasteiger partial charge in [0.2, 0.25) is 0 Å². The number of hydrogen-bond donors (Lipinski definition) is 0. The SMILES string of the molecule is CN(C)CCn1c(Cn2ccc3ccccc32)nc2ccccc21. The first-order valence-corrected chi connectivity index (χ1v) is 8.35. The Morgan fingerprint density at radius 2 is 1.67 bits per heavy atom. The number of nitrogens with zero attached hydrogens (tertiary/aromatic N) is 4. The van der Waals surface area contributed by atoms with Crippen molar-refractivity contribution in [3.05, 3.63) is 66.6 Å². The Bertz CT molecular complexity index is 978. The van der Waals surface area contributed by atoms with Gasteiger partial charge in [0.1, 0.15) is 5.82 Å². The summed E-state index contributed by atoms with van der Waals surface area (Å²) in [4.78, 5) is 7.11. The molecule has 24 heavy (non-hydrogen) atoms. The third kappa shape index (κ3) is 2.69. The van der Waals surface area contributed by atoms with Gasteiger partial charge in [-0.3, -0.25) is 0 Å². The Morgan fingerprint density at radius 1 is 0.917 bits per heavy atom. The van der Waals surface area contributed by atoms with Crippen LogP contribution in [0.15, 0.2) is 60.8 Å². The maximum Gasteiger partial charge on any atom is 0.129 e. The minimum Gasteiger partial charge on any atom is -0.340 e. The molecule has 0 aliphatic carbocycles. The quantitative estimate of drug-likeness (QED) is 0.562. The smallest absolute Gasteiger partial charge is 0.129 e. The highest BCUT2D eigenvalue weighted by molar-refractivity contribution is 5.80. The van der Waals surface area contributed by atoms with Crippen LogP contribution >= 0.6 is 0 Å². The molecule has 4 rings (SSSR count). The Morgan fingerprint density at radius 3 is 2.50 bits per heavy atom. The van der Waals surface area contributed by atoms with Crippen LogP contribution in [0.3, 0.4) is 0 Å². The molecular weight excluding hydrogens is 296 g/mol. The number of rotatable bonds is 5. The first-order valence-electron chi connectivity index (χ1n) is 8.35. The van der Waals surface area contributed by atoms with E-state index >= 15 is 0 Å². The van der Waals surface area contributed by atoms with Gasteiger partial charge in [0.15, 0.2) is 0 Å². The summed E-state index contributed by atoms with van der Waals surface area (Å²) < 4.78 is 4.63. The topological polar surface area (TPSA) is 26.0 Å². The third-order valence-electron chi connectivity index (χ3n) is 4.50. The van der Waals surface area contributed by atoms with E-state index in [1.807, 2.05) is 0 Å². The zero-order chi connectivity index (χ0) is 16.5. The van der Waals surface area contributed by atoms with Gasteiger partial charge in [-0.25, -0.2) is 4.98 Å². The third-order valence-corrected chi connectivity index (χ3v) is 4.50.